The Morgan fingerprint density at radius 2 is 1.50 bits per heavy atom. The van der Waals surface area contributed by atoms with Crippen LogP contribution in [-0.4, -0.2) is 59.0 Å². The van der Waals surface area contributed by atoms with Crippen LogP contribution in [0.2, 0.25) is 0 Å². The van der Waals surface area contributed by atoms with E-state index >= 15 is 0 Å². The van der Waals surface area contributed by atoms with E-state index in [4.69, 9.17) is 0 Å². The van der Waals surface area contributed by atoms with Crippen molar-refractivity contribution in [2.75, 3.05) is 33.0 Å². The second kappa shape index (κ2) is 8.35. The third-order valence-electron chi connectivity index (χ3n) is 3.81. The van der Waals surface area contributed by atoms with E-state index in [9.17, 15) is 26.0 Å². The molecule has 0 spiro atoms. The fourth-order valence-electron chi connectivity index (χ4n) is 2.26. The summed E-state index contributed by atoms with van der Waals surface area (Å²) in [5, 5.41) is 2.42. The first-order valence-corrected chi connectivity index (χ1v) is 10.9. The van der Waals surface area contributed by atoms with Crippen LogP contribution in [0.25, 0.3) is 0 Å². The molecule has 0 unspecified atom stereocenters. The summed E-state index contributed by atoms with van der Waals surface area (Å²) in [5.74, 6) is -1.31. The fourth-order valence-corrected chi connectivity index (χ4v) is 4.42. The molecular formula is C17H20FN3O5S2. The van der Waals surface area contributed by atoms with Gasteiger partial charge in [0.15, 0.2) is 0 Å². The van der Waals surface area contributed by atoms with Crippen molar-refractivity contribution < 1.29 is 26.0 Å². The third kappa shape index (κ3) is 4.73. The zero-order chi connectivity index (χ0) is 21.1. The third-order valence-corrected chi connectivity index (χ3v) is 7.50. The van der Waals surface area contributed by atoms with E-state index in [2.05, 4.69) is 5.32 Å². The normalized spacial score (nSPS) is 12.4. The smallest absolute Gasteiger partial charge is 0.244 e. The zero-order valence-corrected chi connectivity index (χ0v) is 17.1. The van der Waals surface area contributed by atoms with Gasteiger partial charge in [-0.1, -0.05) is 12.1 Å². The second-order valence-corrected chi connectivity index (χ2v) is 10.2. The number of rotatable bonds is 7. The second-order valence-electron chi connectivity index (χ2n) is 6.05. The van der Waals surface area contributed by atoms with E-state index in [1.165, 1.54) is 39.3 Å². The van der Waals surface area contributed by atoms with E-state index < -0.39 is 38.3 Å². The lowest BCUT2D eigenvalue weighted by Gasteiger charge is -2.18. The number of carbonyl (C=O) groups excluding carboxylic acids is 1. The number of carbonyl (C=O) groups is 1. The SMILES string of the molecule is CN(C)S(=O)(=O)c1ccccc1NC(=O)CN(C)S(=O)(=O)c1ccc(F)cc1. The maximum Gasteiger partial charge on any atom is 0.244 e. The molecule has 0 bridgehead atoms. The van der Waals surface area contributed by atoms with E-state index in [0.29, 0.717) is 0 Å². The molecule has 28 heavy (non-hydrogen) atoms. The van der Waals surface area contributed by atoms with Crippen LogP contribution in [0.15, 0.2) is 58.3 Å². The van der Waals surface area contributed by atoms with Gasteiger partial charge >= 0.3 is 0 Å². The monoisotopic (exact) mass is 429 g/mol. The van der Waals surface area contributed by atoms with Gasteiger partial charge in [0.05, 0.1) is 17.1 Å². The number of sulfonamides is 2. The Hall–Kier alpha value is -2.34. The van der Waals surface area contributed by atoms with Crippen molar-refractivity contribution in [1.82, 2.24) is 8.61 Å². The first kappa shape index (κ1) is 22.0. The molecule has 2 aromatic rings. The highest BCUT2D eigenvalue weighted by molar-refractivity contribution is 7.89. The summed E-state index contributed by atoms with van der Waals surface area (Å²) in [6, 6.07) is 10.00. The van der Waals surface area contributed by atoms with Crippen LogP contribution < -0.4 is 5.32 Å². The maximum atomic E-state index is 13.0. The molecule has 0 heterocycles. The van der Waals surface area contributed by atoms with E-state index in [-0.39, 0.29) is 15.5 Å². The van der Waals surface area contributed by atoms with Crippen molar-refractivity contribution in [3.8, 4) is 0 Å². The summed E-state index contributed by atoms with van der Waals surface area (Å²) >= 11 is 0. The van der Waals surface area contributed by atoms with Gasteiger partial charge in [-0.2, -0.15) is 4.31 Å². The lowest BCUT2D eigenvalue weighted by atomic mass is 10.3. The highest BCUT2D eigenvalue weighted by atomic mass is 32.2. The molecular weight excluding hydrogens is 409 g/mol. The molecule has 0 atom stereocenters. The van der Waals surface area contributed by atoms with Crippen LogP contribution in [0, 0.1) is 5.82 Å². The van der Waals surface area contributed by atoms with Crippen LogP contribution in [0.3, 0.4) is 0 Å². The van der Waals surface area contributed by atoms with Gasteiger partial charge < -0.3 is 5.32 Å². The van der Waals surface area contributed by atoms with Crippen LogP contribution in [0.5, 0.6) is 0 Å². The van der Waals surface area contributed by atoms with Gasteiger partial charge in [-0.25, -0.2) is 25.5 Å². The zero-order valence-electron chi connectivity index (χ0n) is 15.5. The van der Waals surface area contributed by atoms with Crippen LogP contribution in [0.1, 0.15) is 0 Å². The van der Waals surface area contributed by atoms with Crippen molar-refractivity contribution in [3.63, 3.8) is 0 Å². The highest BCUT2D eigenvalue weighted by Gasteiger charge is 2.25. The van der Waals surface area contributed by atoms with Crippen molar-refractivity contribution >= 4 is 31.6 Å². The van der Waals surface area contributed by atoms with Gasteiger partial charge in [-0.3, -0.25) is 4.79 Å². The van der Waals surface area contributed by atoms with Gasteiger partial charge in [0.2, 0.25) is 26.0 Å². The molecule has 2 aromatic carbocycles. The summed E-state index contributed by atoms with van der Waals surface area (Å²) in [7, 11) is -3.91. The Bertz CT molecular complexity index is 1070. The lowest BCUT2D eigenvalue weighted by molar-refractivity contribution is -0.116. The molecule has 2 rings (SSSR count). The minimum atomic E-state index is -4.02. The fraction of sp³-hybridized carbons (Fsp3) is 0.235. The van der Waals surface area contributed by atoms with E-state index in [1.54, 1.807) is 6.07 Å². The van der Waals surface area contributed by atoms with Crippen molar-refractivity contribution in [2.45, 2.75) is 9.79 Å². The molecule has 152 valence electrons. The molecule has 0 aliphatic carbocycles. The molecule has 0 fully saturated rings. The number of hydrogen-bond donors (Lipinski definition) is 1. The molecule has 8 nitrogen and oxygen atoms in total. The minimum absolute atomic E-state index is 0.0359. The summed E-state index contributed by atoms with van der Waals surface area (Å²) in [4.78, 5) is 12.0. The number of nitrogens with zero attached hydrogens (tertiary/aromatic N) is 2. The maximum absolute atomic E-state index is 13.0. The number of likely N-dealkylation sites (N-methyl/N-ethyl adjacent to an activating group) is 1. The molecule has 0 saturated heterocycles. The first-order chi connectivity index (χ1) is 13.0. The summed E-state index contributed by atoms with van der Waals surface area (Å²) in [6.07, 6.45) is 0. The summed E-state index contributed by atoms with van der Waals surface area (Å²) in [5.41, 5.74) is 0.0359. The van der Waals surface area contributed by atoms with Gasteiger partial charge in [0.25, 0.3) is 0 Å². The number of halogens is 1. The average molecular weight is 429 g/mol. The highest BCUT2D eigenvalue weighted by Crippen LogP contribution is 2.23. The first-order valence-electron chi connectivity index (χ1n) is 7.99. The number of para-hydroxylation sites is 1. The van der Waals surface area contributed by atoms with Crippen LogP contribution >= 0.6 is 0 Å². The molecule has 1 amide bonds. The van der Waals surface area contributed by atoms with Gasteiger partial charge in [0, 0.05) is 21.1 Å². The number of benzene rings is 2. The molecule has 0 aliphatic rings. The molecule has 0 saturated carbocycles. The van der Waals surface area contributed by atoms with Crippen molar-refractivity contribution in [3.05, 3.63) is 54.3 Å². The number of hydrogen-bond acceptors (Lipinski definition) is 5. The Morgan fingerprint density at radius 3 is 2.07 bits per heavy atom. The molecule has 0 radical (unpaired) electrons. The number of anilines is 1. The minimum Gasteiger partial charge on any atom is -0.324 e. The average Bonchev–Trinajstić information content (AvgIpc) is 2.62. The predicted octanol–water partition coefficient (Wildman–Crippen LogP) is 1.34. The summed E-state index contributed by atoms with van der Waals surface area (Å²) < 4.78 is 64.5. The van der Waals surface area contributed by atoms with Crippen molar-refractivity contribution in [1.29, 1.82) is 0 Å². The number of amides is 1. The predicted molar refractivity (Wildman–Crippen MR) is 102 cm³/mol. The standard InChI is InChI=1S/C17H20FN3O5S2/c1-20(2)28(25,26)16-7-5-4-6-15(16)19-17(22)12-21(3)27(23,24)14-10-8-13(18)9-11-14/h4-11H,12H2,1-3H3,(H,19,22). The molecule has 1 N–H and O–H groups in total. The number of nitrogens with one attached hydrogen (secondary N) is 1. The van der Waals surface area contributed by atoms with Crippen molar-refractivity contribution in [2.24, 2.45) is 0 Å². The Labute approximate surface area is 163 Å². The molecule has 0 aliphatic heterocycles. The Kier molecular flexibility index (Phi) is 6.55. The van der Waals surface area contributed by atoms with Gasteiger partial charge in [-0.05, 0) is 36.4 Å². The topological polar surface area (TPSA) is 104 Å². The summed E-state index contributed by atoms with van der Waals surface area (Å²) in [6.45, 7) is -0.559. The molecule has 11 heteroatoms. The van der Waals surface area contributed by atoms with Gasteiger partial charge in [0.1, 0.15) is 10.7 Å². The Balaban J connectivity index is 2.20. The molecule has 0 aromatic heterocycles. The lowest BCUT2D eigenvalue weighted by Crippen LogP contribution is -2.35. The quantitative estimate of drug-likeness (QED) is 0.715. The van der Waals surface area contributed by atoms with E-state index in [1.807, 2.05) is 0 Å². The van der Waals surface area contributed by atoms with Gasteiger partial charge in [-0.15, -0.1) is 0 Å². The largest absolute Gasteiger partial charge is 0.324 e. The van der Waals surface area contributed by atoms with Crippen LogP contribution in [-0.2, 0) is 24.8 Å². The van der Waals surface area contributed by atoms with Crippen LogP contribution in [0.4, 0.5) is 10.1 Å². The Morgan fingerprint density at radius 1 is 0.929 bits per heavy atom. The van der Waals surface area contributed by atoms with E-state index in [0.717, 1.165) is 32.9 Å².